The second-order valence-electron chi connectivity index (χ2n) is 3.61. The highest BCUT2D eigenvalue weighted by Crippen LogP contribution is 2.05. The summed E-state index contributed by atoms with van der Waals surface area (Å²) in [5, 5.41) is 5.03. The van der Waals surface area contributed by atoms with Gasteiger partial charge in [-0.15, -0.1) is 0 Å². The molecule has 0 bridgehead atoms. The Morgan fingerprint density at radius 2 is 1.71 bits per heavy atom. The van der Waals surface area contributed by atoms with E-state index in [0.717, 1.165) is 5.22 Å². The summed E-state index contributed by atoms with van der Waals surface area (Å²) in [6.45, 7) is 4.07. The summed E-state index contributed by atoms with van der Waals surface area (Å²) < 4.78 is 0. The third kappa shape index (κ3) is 0.882. The zero-order valence-electron chi connectivity index (χ0n) is 7.83. The van der Waals surface area contributed by atoms with Crippen LogP contribution in [0.1, 0.15) is 5.56 Å². The van der Waals surface area contributed by atoms with E-state index in [2.05, 4.69) is 55.1 Å². The van der Waals surface area contributed by atoms with Crippen LogP contribution in [0.3, 0.4) is 0 Å². The van der Waals surface area contributed by atoms with Crippen LogP contribution in [0, 0.1) is 10.4 Å². The predicted octanol–water partition coefficient (Wildman–Crippen LogP) is 1.53. The van der Waals surface area contributed by atoms with Gasteiger partial charge in [0.15, 0.2) is 0 Å². The fourth-order valence-electron chi connectivity index (χ4n) is 2.09. The molecule has 3 rings (SSSR count). The topological polar surface area (TPSA) is 0 Å². The molecule has 2 aromatic rings. The molecular formula is C14H10. The number of fused-ring (bicyclic) bond motifs is 2. The van der Waals surface area contributed by atoms with Crippen LogP contribution in [0.2, 0.25) is 0 Å². The zero-order valence-corrected chi connectivity index (χ0v) is 7.83. The van der Waals surface area contributed by atoms with E-state index in [1.54, 1.807) is 0 Å². The second-order valence-corrected chi connectivity index (χ2v) is 3.61. The average molecular weight is 178 g/mol. The van der Waals surface area contributed by atoms with E-state index >= 15 is 0 Å². The second kappa shape index (κ2) is 2.58. The van der Waals surface area contributed by atoms with Crippen molar-refractivity contribution in [1.29, 1.82) is 0 Å². The van der Waals surface area contributed by atoms with Crippen molar-refractivity contribution in [1.82, 2.24) is 0 Å². The Bertz CT molecular complexity index is 694. The molecule has 14 heavy (non-hydrogen) atoms. The van der Waals surface area contributed by atoms with Gasteiger partial charge in [-0.1, -0.05) is 49.0 Å². The van der Waals surface area contributed by atoms with E-state index in [0.29, 0.717) is 0 Å². The van der Waals surface area contributed by atoms with Crippen LogP contribution in [-0.2, 0) is 0 Å². The normalized spacial score (nSPS) is 11.7. The number of hydrogen-bond acceptors (Lipinski definition) is 0. The molecule has 0 atom stereocenters. The van der Waals surface area contributed by atoms with Gasteiger partial charge in [-0.3, -0.25) is 0 Å². The summed E-state index contributed by atoms with van der Waals surface area (Å²) in [4.78, 5) is 0. The van der Waals surface area contributed by atoms with Gasteiger partial charge in [0.2, 0.25) is 0 Å². The van der Waals surface area contributed by atoms with E-state index in [4.69, 9.17) is 0 Å². The Hall–Kier alpha value is -1.82. The van der Waals surface area contributed by atoms with Crippen LogP contribution in [0.5, 0.6) is 0 Å². The lowest BCUT2D eigenvalue weighted by molar-refractivity contribution is 1.44. The molecule has 0 saturated carbocycles. The van der Waals surface area contributed by atoms with Gasteiger partial charge in [0.25, 0.3) is 0 Å². The maximum Gasteiger partial charge on any atom is -0.00386 e. The molecule has 1 aliphatic rings. The Balaban J connectivity index is 2.78. The molecule has 2 aromatic carbocycles. The Morgan fingerprint density at radius 3 is 2.64 bits per heavy atom. The highest BCUT2D eigenvalue weighted by atomic mass is 14.0. The lowest BCUT2D eigenvalue weighted by atomic mass is 10.1. The first-order valence-electron chi connectivity index (χ1n) is 4.75. The summed E-state index contributed by atoms with van der Waals surface area (Å²) in [6, 6.07) is 14.7. The SMILES string of the molecule is C=c1cccc2c1=c1ccccc1=C2. The van der Waals surface area contributed by atoms with Crippen molar-refractivity contribution in [2.45, 2.75) is 0 Å². The molecule has 0 aromatic heterocycles. The minimum atomic E-state index is 1.11. The average Bonchev–Trinajstić information content (AvgIpc) is 2.57. The summed E-state index contributed by atoms with van der Waals surface area (Å²) >= 11 is 0. The van der Waals surface area contributed by atoms with Crippen molar-refractivity contribution < 1.29 is 0 Å². The first-order chi connectivity index (χ1) is 6.86. The quantitative estimate of drug-likeness (QED) is 0.489. The molecule has 0 heteroatoms. The molecule has 0 fully saturated rings. The Labute approximate surface area is 82.1 Å². The predicted molar refractivity (Wildman–Crippen MR) is 58.9 cm³/mol. The van der Waals surface area contributed by atoms with Gasteiger partial charge in [0, 0.05) is 0 Å². The molecular weight excluding hydrogens is 168 g/mol. The molecule has 0 spiro atoms. The van der Waals surface area contributed by atoms with Gasteiger partial charge >= 0.3 is 0 Å². The molecule has 0 saturated heterocycles. The van der Waals surface area contributed by atoms with E-state index in [9.17, 15) is 0 Å². The number of rotatable bonds is 0. The Morgan fingerprint density at radius 1 is 0.857 bits per heavy atom. The zero-order chi connectivity index (χ0) is 9.54. The van der Waals surface area contributed by atoms with Crippen LogP contribution in [0.4, 0.5) is 0 Å². The van der Waals surface area contributed by atoms with E-state index in [-0.39, 0.29) is 0 Å². The molecule has 0 heterocycles. The third-order valence-electron chi connectivity index (χ3n) is 2.72. The molecule has 0 amide bonds. The smallest absolute Gasteiger partial charge is 0.00386 e. The van der Waals surface area contributed by atoms with Gasteiger partial charge in [-0.05, 0) is 32.5 Å². The van der Waals surface area contributed by atoms with Crippen molar-refractivity contribution in [3.8, 4) is 0 Å². The van der Waals surface area contributed by atoms with E-state index in [1.165, 1.54) is 21.2 Å². The molecule has 0 radical (unpaired) electrons. The lowest BCUT2D eigenvalue weighted by Crippen LogP contribution is -2.02. The standard InChI is InChI=1S/C14H10/c1-10-5-4-7-12-9-11-6-2-3-8-13(11)14(10)12/h2-9H,1H2. The van der Waals surface area contributed by atoms with Crippen molar-refractivity contribution in [3.63, 3.8) is 0 Å². The van der Waals surface area contributed by atoms with E-state index in [1.807, 2.05) is 0 Å². The van der Waals surface area contributed by atoms with Crippen molar-refractivity contribution in [2.24, 2.45) is 0 Å². The molecule has 0 nitrogen and oxygen atoms in total. The van der Waals surface area contributed by atoms with Crippen LogP contribution < -0.4 is 10.4 Å². The largest absolute Gasteiger partial charge is 0.0911 e. The lowest BCUT2D eigenvalue weighted by Gasteiger charge is -1.90. The Kier molecular flexibility index (Phi) is 1.40. The van der Waals surface area contributed by atoms with Crippen molar-refractivity contribution in [2.75, 3.05) is 0 Å². The van der Waals surface area contributed by atoms with Crippen molar-refractivity contribution >= 4 is 12.7 Å². The van der Waals surface area contributed by atoms with Crippen LogP contribution in [0.25, 0.3) is 12.7 Å². The minimum Gasteiger partial charge on any atom is -0.0911 e. The molecule has 0 N–H and O–H groups in total. The monoisotopic (exact) mass is 178 g/mol. The first-order valence-corrected chi connectivity index (χ1v) is 4.75. The van der Waals surface area contributed by atoms with Gasteiger partial charge in [0.1, 0.15) is 0 Å². The first kappa shape index (κ1) is 7.57. The maximum atomic E-state index is 4.07. The fourth-order valence-corrected chi connectivity index (χ4v) is 2.09. The van der Waals surface area contributed by atoms with Crippen molar-refractivity contribution in [3.05, 3.63) is 68.9 Å². The summed E-state index contributed by atoms with van der Waals surface area (Å²) in [7, 11) is 0. The van der Waals surface area contributed by atoms with E-state index < -0.39 is 0 Å². The summed E-state index contributed by atoms with van der Waals surface area (Å²) in [5.74, 6) is 0. The minimum absolute atomic E-state index is 1.11. The summed E-state index contributed by atoms with van der Waals surface area (Å²) in [6.07, 6.45) is 2.22. The fraction of sp³-hybridized carbons (Fsp3) is 0. The van der Waals surface area contributed by atoms with Crippen LogP contribution in [-0.4, -0.2) is 0 Å². The van der Waals surface area contributed by atoms with Gasteiger partial charge in [-0.25, -0.2) is 0 Å². The van der Waals surface area contributed by atoms with Crippen LogP contribution >= 0.6 is 0 Å². The van der Waals surface area contributed by atoms with Gasteiger partial charge in [-0.2, -0.15) is 0 Å². The molecule has 0 aliphatic heterocycles. The van der Waals surface area contributed by atoms with Gasteiger partial charge in [0.05, 0.1) is 0 Å². The highest BCUT2D eigenvalue weighted by molar-refractivity contribution is 5.55. The van der Waals surface area contributed by atoms with Gasteiger partial charge < -0.3 is 0 Å². The number of hydrogen-bond donors (Lipinski definition) is 0. The summed E-state index contributed by atoms with van der Waals surface area (Å²) in [5.41, 5.74) is 1.29. The molecule has 66 valence electrons. The molecule has 0 unspecified atom stereocenters. The van der Waals surface area contributed by atoms with Crippen LogP contribution in [0.15, 0.2) is 42.5 Å². The maximum absolute atomic E-state index is 4.07. The number of benzene rings is 2. The highest BCUT2D eigenvalue weighted by Gasteiger charge is 2.00. The molecule has 1 aliphatic carbocycles. The third-order valence-corrected chi connectivity index (χ3v) is 2.72.